The van der Waals surface area contributed by atoms with Crippen LogP contribution in [-0.2, 0) is 16.8 Å². The Balaban J connectivity index is 1.73. The van der Waals surface area contributed by atoms with E-state index in [-0.39, 0.29) is 5.91 Å². The molecule has 6 heteroatoms. The molecule has 0 unspecified atom stereocenters. The summed E-state index contributed by atoms with van der Waals surface area (Å²) in [5.74, 6) is 0.170. The first-order valence-corrected chi connectivity index (χ1v) is 8.81. The summed E-state index contributed by atoms with van der Waals surface area (Å²) in [5, 5.41) is 7.76. The van der Waals surface area contributed by atoms with Crippen LogP contribution < -0.4 is 10.2 Å². The minimum absolute atomic E-state index is 0.170. The van der Waals surface area contributed by atoms with Gasteiger partial charge in [0.1, 0.15) is 5.54 Å². The van der Waals surface area contributed by atoms with Crippen LogP contribution in [0, 0.1) is 0 Å². The molecule has 3 heterocycles. The zero-order valence-electron chi connectivity index (χ0n) is 12.8. The maximum Gasteiger partial charge on any atom is 0.255 e. The van der Waals surface area contributed by atoms with Gasteiger partial charge in [0, 0.05) is 29.1 Å². The smallest absolute Gasteiger partial charge is 0.255 e. The summed E-state index contributed by atoms with van der Waals surface area (Å²) in [4.78, 5) is 15.4. The highest BCUT2D eigenvalue weighted by Gasteiger charge is 2.45. The van der Waals surface area contributed by atoms with Gasteiger partial charge in [-0.3, -0.25) is 9.48 Å². The van der Waals surface area contributed by atoms with Gasteiger partial charge in [-0.25, -0.2) is 0 Å². The van der Waals surface area contributed by atoms with Crippen molar-refractivity contribution in [1.82, 2.24) is 15.1 Å². The van der Waals surface area contributed by atoms with Crippen molar-refractivity contribution >= 4 is 27.5 Å². The largest absolute Gasteiger partial charge is 0.317 e. The van der Waals surface area contributed by atoms with Crippen LogP contribution in [0.5, 0.6) is 0 Å². The molecule has 0 bridgehead atoms. The average Bonchev–Trinajstić information content (AvgIpc) is 3.24. The van der Waals surface area contributed by atoms with Crippen molar-refractivity contribution < 1.29 is 4.79 Å². The summed E-state index contributed by atoms with van der Waals surface area (Å²) in [7, 11) is 0. The Labute approximate surface area is 143 Å². The Morgan fingerprint density at radius 3 is 2.87 bits per heavy atom. The van der Waals surface area contributed by atoms with E-state index in [0.717, 1.165) is 49.1 Å². The van der Waals surface area contributed by atoms with E-state index in [2.05, 4.69) is 32.4 Å². The van der Waals surface area contributed by atoms with Crippen LogP contribution in [0.3, 0.4) is 0 Å². The van der Waals surface area contributed by atoms with E-state index >= 15 is 0 Å². The summed E-state index contributed by atoms with van der Waals surface area (Å²) < 4.78 is 2.93. The fourth-order valence-electron chi connectivity index (χ4n) is 3.74. The average molecular weight is 375 g/mol. The zero-order valence-corrected chi connectivity index (χ0v) is 14.4. The highest BCUT2D eigenvalue weighted by atomic mass is 79.9. The molecule has 0 radical (unpaired) electrons. The maximum atomic E-state index is 13.5. The predicted octanol–water partition coefficient (Wildman–Crippen LogP) is 2.31. The van der Waals surface area contributed by atoms with Crippen molar-refractivity contribution in [3.05, 3.63) is 46.7 Å². The van der Waals surface area contributed by atoms with Crippen LogP contribution in [0.1, 0.15) is 18.4 Å². The van der Waals surface area contributed by atoms with Crippen molar-refractivity contribution in [3.8, 4) is 0 Å². The lowest BCUT2D eigenvalue weighted by Crippen LogP contribution is -2.55. The van der Waals surface area contributed by atoms with Crippen molar-refractivity contribution in [2.75, 3.05) is 24.5 Å². The number of aromatic nitrogens is 2. The molecule has 4 rings (SSSR count). The number of rotatable bonds is 2. The molecule has 120 valence electrons. The summed E-state index contributed by atoms with van der Waals surface area (Å²) in [6, 6.07) is 8.06. The highest BCUT2D eigenvalue weighted by Crippen LogP contribution is 2.36. The zero-order chi connectivity index (χ0) is 15.9. The molecule has 0 saturated carbocycles. The van der Waals surface area contributed by atoms with Crippen LogP contribution in [0.2, 0.25) is 0 Å². The molecule has 2 aliphatic rings. The Morgan fingerprint density at radius 1 is 1.30 bits per heavy atom. The molecule has 2 aliphatic heterocycles. The SMILES string of the molecule is O=C(N1CCc2cc(Br)ccc21)C1(n2cccn2)CCNCC1. The number of nitrogens with zero attached hydrogens (tertiary/aromatic N) is 3. The quantitative estimate of drug-likeness (QED) is 0.877. The number of benzene rings is 1. The van der Waals surface area contributed by atoms with Gasteiger partial charge in [0.15, 0.2) is 0 Å². The van der Waals surface area contributed by atoms with E-state index in [9.17, 15) is 4.79 Å². The molecular formula is C17H19BrN4O. The first-order chi connectivity index (χ1) is 11.2. The molecule has 1 fully saturated rings. The summed E-state index contributed by atoms with van der Waals surface area (Å²) >= 11 is 3.51. The Morgan fingerprint density at radius 2 is 2.13 bits per heavy atom. The fraction of sp³-hybridized carbons (Fsp3) is 0.412. The van der Waals surface area contributed by atoms with Gasteiger partial charge < -0.3 is 10.2 Å². The number of carbonyl (C=O) groups excluding carboxylic acids is 1. The minimum atomic E-state index is -0.566. The first kappa shape index (κ1) is 14.9. The molecule has 23 heavy (non-hydrogen) atoms. The molecule has 0 spiro atoms. The van der Waals surface area contributed by atoms with Crippen molar-refractivity contribution in [3.63, 3.8) is 0 Å². The van der Waals surface area contributed by atoms with Gasteiger partial charge in [-0.1, -0.05) is 15.9 Å². The molecule has 1 amide bonds. The number of anilines is 1. The van der Waals surface area contributed by atoms with E-state index in [1.165, 1.54) is 5.56 Å². The van der Waals surface area contributed by atoms with E-state index < -0.39 is 5.54 Å². The summed E-state index contributed by atoms with van der Waals surface area (Å²) in [6.45, 7) is 2.43. The number of halogens is 1. The van der Waals surface area contributed by atoms with E-state index in [4.69, 9.17) is 0 Å². The van der Waals surface area contributed by atoms with Crippen LogP contribution in [0.4, 0.5) is 5.69 Å². The monoisotopic (exact) mass is 374 g/mol. The van der Waals surface area contributed by atoms with Crippen molar-refractivity contribution in [1.29, 1.82) is 0 Å². The third kappa shape index (κ3) is 2.40. The van der Waals surface area contributed by atoms with Crippen molar-refractivity contribution in [2.24, 2.45) is 0 Å². The third-order valence-corrected chi connectivity index (χ3v) is 5.45. The van der Waals surface area contributed by atoms with Crippen LogP contribution in [0.15, 0.2) is 41.1 Å². The normalized spacial score (nSPS) is 19.6. The highest BCUT2D eigenvalue weighted by molar-refractivity contribution is 9.10. The van der Waals surface area contributed by atoms with E-state index in [0.29, 0.717) is 0 Å². The molecule has 1 aromatic heterocycles. The van der Waals surface area contributed by atoms with Gasteiger partial charge in [0.05, 0.1) is 0 Å². The number of carbonyl (C=O) groups is 1. The Hall–Kier alpha value is -1.66. The number of fused-ring (bicyclic) bond motifs is 1. The summed E-state index contributed by atoms with van der Waals surface area (Å²) in [5.41, 5.74) is 1.71. The van der Waals surface area contributed by atoms with Gasteiger partial charge in [-0.15, -0.1) is 0 Å². The van der Waals surface area contributed by atoms with Gasteiger partial charge in [0.25, 0.3) is 5.91 Å². The van der Waals surface area contributed by atoms with Crippen molar-refractivity contribution in [2.45, 2.75) is 24.8 Å². The number of nitrogens with one attached hydrogen (secondary N) is 1. The standard InChI is InChI=1S/C17H19BrN4O/c18-14-2-3-15-13(12-14)4-11-21(15)16(23)17(5-8-19-9-6-17)22-10-1-7-20-22/h1-3,7,10,12,19H,4-6,8-9,11H2. The lowest BCUT2D eigenvalue weighted by atomic mass is 9.86. The lowest BCUT2D eigenvalue weighted by molar-refractivity contribution is -0.129. The molecule has 1 aromatic carbocycles. The number of amides is 1. The molecule has 1 N–H and O–H groups in total. The lowest BCUT2D eigenvalue weighted by Gasteiger charge is -2.39. The number of hydrogen-bond donors (Lipinski definition) is 1. The van der Waals surface area contributed by atoms with Gasteiger partial charge in [-0.2, -0.15) is 5.10 Å². The maximum absolute atomic E-state index is 13.5. The number of piperidine rings is 1. The van der Waals surface area contributed by atoms with E-state index in [1.807, 2.05) is 34.0 Å². The van der Waals surface area contributed by atoms with Gasteiger partial charge in [0.2, 0.25) is 0 Å². The Kier molecular flexibility index (Phi) is 3.73. The molecule has 1 saturated heterocycles. The predicted molar refractivity (Wildman–Crippen MR) is 92.5 cm³/mol. The minimum Gasteiger partial charge on any atom is -0.317 e. The molecule has 5 nitrogen and oxygen atoms in total. The van der Waals surface area contributed by atoms with Crippen LogP contribution >= 0.6 is 15.9 Å². The van der Waals surface area contributed by atoms with Crippen LogP contribution in [-0.4, -0.2) is 35.3 Å². The van der Waals surface area contributed by atoms with Gasteiger partial charge in [-0.05, 0) is 62.2 Å². The second-order valence-corrected chi connectivity index (χ2v) is 7.13. The number of hydrogen-bond acceptors (Lipinski definition) is 3. The topological polar surface area (TPSA) is 50.2 Å². The third-order valence-electron chi connectivity index (χ3n) is 4.95. The molecule has 0 atom stereocenters. The molecule has 2 aromatic rings. The second-order valence-electron chi connectivity index (χ2n) is 6.21. The summed E-state index contributed by atoms with van der Waals surface area (Å²) in [6.07, 6.45) is 6.13. The molecule has 0 aliphatic carbocycles. The van der Waals surface area contributed by atoms with Crippen LogP contribution in [0.25, 0.3) is 0 Å². The van der Waals surface area contributed by atoms with Gasteiger partial charge >= 0.3 is 0 Å². The molecular weight excluding hydrogens is 356 g/mol. The second kappa shape index (κ2) is 5.76. The first-order valence-electron chi connectivity index (χ1n) is 8.02. The Bertz CT molecular complexity index is 722. The fourth-order valence-corrected chi connectivity index (χ4v) is 4.14. The van der Waals surface area contributed by atoms with E-state index in [1.54, 1.807) is 6.20 Å².